The molecule has 1 aromatic heterocycles. The number of nitriles is 1. The molecule has 30 heavy (non-hydrogen) atoms. The van der Waals surface area contributed by atoms with Crippen molar-refractivity contribution < 1.29 is 4.74 Å². The maximum absolute atomic E-state index is 9.12. The molecule has 2 aromatic rings. The average Bonchev–Trinajstić information content (AvgIpc) is 3.46. The molecular weight excluding hydrogens is 374 g/mol. The molecule has 2 N–H and O–H groups in total. The number of hydrogen-bond donors (Lipinski definition) is 2. The van der Waals surface area contributed by atoms with E-state index in [1.807, 2.05) is 0 Å². The van der Waals surface area contributed by atoms with Crippen molar-refractivity contribution in [1.82, 2.24) is 9.97 Å². The number of nitrogens with one attached hydrogen (secondary N) is 2. The Morgan fingerprint density at radius 2 is 2.07 bits per heavy atom. The van der Waals surface area contributed by atoms with Gasteiger partial charge in [0.15, 0.2) is 0 Å². The van der Waals surface area contributed by atoms with Crippen LogP contribution in [0.5, 0.6) is 0 Å². The molecule has 1 aliphatic heterocycles. The Morgan fingerprint density at radius 1 is 1.23 bits per heavy atom. The summed E-state index contributed by atoms with van der Waals surface area (Å²) in [5, 5.41) is 16.3. The predicted octanol–water partition coefficient (Wildman–Crippen LogP) is 4.49. The van der Waals surface area contributed by atoms with Gasteiger partial charge in [-0.1, -0.05) is 38.1 Å². The first-order valence-electron chi connectivity index (χ1n) is 10.9. The molecule has 2 aliphatic carbocycles. The summed E-state index contributed by atoms with van der Waals surface area (Å²) in [6.07, 6.45) is 4.64. The number of benzene rings is 1. The number of rotatable bonds is 6. The second kappa shape index (κ2) is 7.24. The van der Waals surface area contributed by atoms with Crippen LogP contribution >= 0.6 is 0 Å². The molecule has 5 rings (SSSR count). The van der Waals surface area contributed by atoms with Gasteiger partial charge < -0.3 is 15.4 Å². The maximum Gasteiger partial charge on any atom is 0.225 e. The van der Waals surface area contributed by atoms with Crippen LogP contribution in [0.15, 0.2) is 24.3 Å². The number of hydrogen-bond acceptors (Lipinski definition) is 6. The first-order valence-corrected chi connectivity index (χ1v) is 10.9. The van der Waals surface area contributed by atoms with E-state index in [4.69, 9.17) is 20.0 Å². The predicted molar refractivity (Wildman–Crippen MR) is 116 cm³/mol. The number of fused-ring (bicyclic) bond motifs is 2. The Kier molecular flexibility index (Phi) is 4.67. The minimum Gasteiger partial charge on any atom is -0.376 e. The largest absolute Gasteiger partial charge is 0.376 e. The highest BCUT2D eigenvalue weighted by Gasteiger charge is 2.42. The van der Waals surface area contributed by atoms with Gasteiger partial charge in [-0.3, -0.25) is 0 Å². The Hall–Kier alpha value is -2.65. The molecule has 3 aliphatic rings. The third-order valence-corrected chi connectivity index (χ3v) is 6.95. The van der Waals surface area contributed by atoms with Gasteiger partial charge in [-0.25, -0.2) is 4.98 Å². The number of ether oxygens (including phenoxy) is 1. The fourth-order valence-corrected chi connectivity index (χ4v) is 4.91. The topological polar surface area (TPSA) is 82.9 Å². The average molecular weight is 404 g/mol. The van der Waals surface area contributed by atoms with Crippen molar-refractivity contribution in [3.63, 3.8) is 0 Å². The zero-order chi connectivity index (χ0) is 20.8. The summed E-state index contributed by atoms with van der Waals surface area (Å²) in [4.78, 5) is 9.72. The van der Waals surface area contributed by atoms with E-state index in [1.165, 1.54) is 11.1 Å². The molecule has 1 saturated carbocycles. The SMILES string of the molecule is CC1(C)C[C@H](Nc2nc3c(c(NCC4(CC#N)CC4)n2)COCC3)c2ccccc21. The summed E-state index contributed by atoms with van der Waals surface area (Å²) >= 11 is 0. The monoisotopic (exact) mass is 403 g/mol. The summed E-state index contributed by atoms with van der Waals surface area (Å²) in [7, 11) is 0. The highest BCUT2D eigenvalue weighted by molar-refractivity contribution is 5.53. The molecule has 0 spiro atoms. The molecule has 156 valence electrons. The van der Waals surface area contributed by atoms with E-state index < -0.39 is 0 Å². The summed E-state index contributed by atoms with van der Waals surface area (Å²) in [5.74, 6) is 1.54. The summed E-state index contributed by atoms with van der Waals surface area (Å²) in [6.45, 7) is 6.62. The van der Waals surface area contributed by atoms with Crippen molar-refractivity contribution in [3.8, 4) is 6.07 Å². The molecule has 6 nitrogen and oxygen atoms in total. The molecule has 0 saturated heterocycles. The van der Waals surface area contributed by atoms with Gasteiger partial charge in [-0.05, 0) is 35.8 Å². The van der Waals surface area contributed by atoms with Gasteiger partial charge in [-0.15, -0.1) is 0 Å². The summed E-state index contributed by atoms with van der Waals surface area (Å²) in [6, 6.07) is 11.2. The smallest absolute Gasteiger partial charge is 0.225 e. The fraction of sp³-hybridized carbons (Fsp3) is 0.542. The van der Waals surface area contributed by atoms with Gasteiger partial charge in [0.2, 0.25) is 5.95 Å². The molecule has 0 bridgehead atoms. The number of anilines is 2. The van der Waals surface area contributed by atoms with Crippen LogP contribution in [0.2, 0.25) is 0 Å². The van der Waals surface area contributed by atoms with E-state index >= 15 is 0 Å². The van der Waals surface area contributed by atoms with Crippen molar-refractivity contribution in [1.29, 1.82) is 5.26 Å². The van der Waals surface area contributed by atoms with Crippen LogP contribution in [0.3, 0.4) is 0 Å². The summed E-state index contributed by atoms with van der Waals surface area (Å²) < 4.78 is 5.69. The molecule has 0 amide bonds. The molecular formula is C24H29N5O. The minimum absolute atomic E-state index is 0.115. The van der Waals surface area contributed by atoms with Crippen LogP contribution in [0, 0.1) is 16.7 Å². The van der Waals surface area contributed by atoms with E-state index in [0.29, 0.717) is 25.6 Å². The van der Waals surface area contributed by atoms with Gasteiger partial charge in [0.25, 0.3) is 0 Å². The lowest BCUT2D eigenvalue weighted by Crippen LogP contribution is -2.22. The zero-order valence-electron chi connectivity index (χ0n) is 17.8. The van der Waals surface area contributed by atoms with Crippen LogP contribution in [-0.2, 0) is 23.2 Å². The highest BCUT2D eigenvalue weighted by Crippen LogP contribution is 2.49. The van der Waals surface area contributed by atoms with Gasteiger partial charge in [0.05, 0.1) is 31.0 Å². The van der Waals surface area contributed by atoms with E-state index in [9.17, 15) is 0 Å². The number of nitrogens with zero attached hydrogens (tertiary/aromatic N) is 3. The Bertz CT molecular complexity index is 1010. The quantitative estimate of drug-likeness (QED) is 0.739. The van der Waals surface area contributed by atoms with Gasteiger partial charge in [0, 0.05) is 30.4 Å². The minimum atomic E-state index is 0.115. The number of aromatic nitrogens is 2. The van der Waals surface area contributed by atoms with E-state index in [0.717, 1.165) is 49.3 Å². The van der Waals surface area contributed by atoms with Gasteiger partial charge >= 0.3 is 0 Å². The van der Waals surface area contributed by atoms with Crippen molar-refractivity contribution in [3.05, 3.63) is 46.6 Å². The van der Waals surface area contributed by atoms with E-state index in [-0.39, 0.29) is 16.9 Å². The van der Waals surface area contributed by atoms with Gasteiger partial charge in [-0.2, -0.15) is 10.2 Å². The lowest BCUT2D eigenvalue weighted by Gasteiger charge is -2.23. The normalized spacial score (nSPS) is 22.5. The van der Waals surface area contributed by atoms with E-state index in [1.54, 1.807) is 0 Å². The zero-order valence-corrected chi connectivity index (χ0v) is 17.8. The summed E-state index contributed by atoms with van der Waals surface area (Å²) in [5.41, 5.74) is 5.12. The first kappa shape index (κ1) is 19.3. The van der Waals surface area contributed by atoms with Crippen LogP contribution in [0.1, 0.15) is 68.0 Å². The lowest BCUT2D eigenvalue weighted by atomic mass is 9.86. The maximum atomic E-state index is 9.12. The van der Waals surface area contributed by atoms with Crippen LogP contribution in [-0.4, -0.2) is 23.1 Å². The second-order valence-electron chi connectivity index (χ2n) is 9.68. The highest BCUT2D eigenvalue weighted by atomic mass is 16.5. The molecule has 0 unspecified atom stereocenters. The van der Waals surface area contributed by atoms with Crippen LogP contribution in [0.4, 0.5) is 11.8 Å². The van der Waals surface area contributed by atoms with E-state index in [2.05, 4.69) is 54.8 Å². The van der Waals surface area contributed by atoms with Crippen molar-refractivity contribution in [2.45, 2.75) is 64.0 Å². The molecule has 1 fully saturated rings. The third-order valence-electron chi connectivity index (χ3n) is 6.95. The fourth-order valence-electron chi connectivity index (χ4n) is 4.91. The Morgan fingerprint density at radius 3 is 2.87 bits per heavy atom. The third kappa shape index (κ3) is 3.52. The lowest BCUT2D eigenvalue weighted by molar-refractivity contribution is 0.109. The van der Waals surface area contributed by atoms with Gasteiger partial charge in [0.1, 0.15) is 5.82 Å². The van der Waals surface area contributed by atoms with Crippen molar-refractivity contribution in [2.75, 3.05) is 23.8 Å². The van der Waals surface area contributed by atoms with Crippen LogP contribution < -0.4 is 10.6 Å². The van der Waals surface area contributed by atoms with Crippen molar-refractivity contribution >= 4 is 11.8 Å². The first-order chi connectivity index (χ1) is 14.5. The molecule has 2 heterocycles. The van der Waals surface area contributed by atoms with Crippen molar-refractivity contribution in [2.24, 2.45) is 5.41 Å². The standard InChI is InChI=1S/C24H29N5O/c1-23(2)13-20(16-5-3-4-6-18(16)23)28-22-27-19-7-12-30-14-17(19)21(29-22)26-15-24(8-9-24)10-11-25/h3-6,20H,7-10,12-15H2,1-2H3,(H2,26,27,28,29)/t20-/m0/s1. The molecule has 6 heteroatoms. The molecule has 1 aromatic carbocycles. The Balaban J connectivity index is 1.41. The molecule has 0 radical (unpaired) electrons. The van der Waals surface area contributed by atoms with Crippen LogP contribution in [0.25, 0.3) is 0 Å². The molecule has 1 atom stereocenters. The second-order valence-corrected chi connectivity index (χ2v) is 9.68. The Labute approximate surface area is 178 Å².